The van der Waals surface area contributed by atoms with E-state index in [1.54, 1.807) is 18.2 Å². The molecule has 8 nitrogen and oxygen atoms in total. The Morgan fingerprint density at radius 2 is 1.85 bits per heavy atom. The Bertz CT molecular complexity index is 1230. The Morgan fingerprint density at radius 3 is 2.47 bits per heavy atom. The summed E-state index contributed by atoms with van der Waals surface area (Å²) < 4.78 is 47.9. The fraction of sp³-hybridized carbons (Fsp3) is 0.286. The number of aromatic nitrogens is 3. The first-order valence-corrected chi connectivity index (χ1v) is 11.5. The molecule has 1 saturated heterocycles. The van der Waals surface area contributed by atoms with E-state index in [1.807, 2.05) is 6.07 Å². The third-order valence-electron chi connectivity index (χ3n) is 5.26. The van der Waals surface area contributed by atoms with Gasteiger partial charge in [-0.3, -0.25) is 0 Å². The number of halogens is 4. The zero-order valence-electron chi connectivity index (χ0n) is 17.0. The van der Waals surface area contributed by atoms with Gasteiger partial charge in [0.2, 0.25) is 0 Å². The molecule has 0 radical (unpaired) electrons. The molecule has 34 heavy (non-hydrogen) atoms. The van der Waals surface area contributed by atoms with Crippen molar-refractivity contribution in [1.29, 1.82) is 5.26 Å². The zero-order chi connectivity index (χ0) is 24.6. The molecular formula is C21H16BrF3N4O4S. The maximum absolute atomic E-state index is 13.6. The molecule has 5 unspecified atom stereocenters. The minimum atomic E-state index is -1.62. The lowest BCUT2D eigenvalue weighted by Crippen LogP contribution is -2.55. The first-order valence-electron chi connectivity index (χ1n) is 9.79. The van der Waals surface area contributed by atoms with Crippen molar-refractivity contribution in [2.75, 3.05) is 6.61 Å². The van der Waals surface area contributed by atoms with E-state index in [1.165, 1.54) is 6.20 Å². The predicted molar refractivity (Wildman–Crippen MR) is 117 cm³/mol. The number of benzene rings is 2. The molecule has 0 amide bonds. The molecule has 13 heteroatoms. The van der Waals surface area contributed by atoms with Crippen LogP contribution in [0.25, 0.3) is 11.3 Å². The SMILES string of the molecule is N#Cc1ccc(SC2OC(CO)C(O)C(n3cc(-c4cc(F)c(F)c(F)c4)nn3)C2O)cc1Br. The van der Waals surface area contributed by atoms with Crippen LogP contribution in [0.1, 0.15) is 11.6 Å². The fourth-order valence-corrected chi connectivity index (χ4v) is 5.25. The van der Waals surface area contributed by atoms with Crippen LogP contribution < -0.4 is 0 Å². The molecule has 1 aliphatic rings. The molecule has 4 rings (SSSR count). The number of rotatable bonds is 5. The summed E-state index contributed by atoms with van der Waals surface area (Å²) >= 11 is 4.39. The van der Waals surface area contributed by atoms with Crippen molar-refractivity contribution in [3.05, 3.63) is 64.0 Å². The molecule has 0 saturated carbocycles. The molecule has 0 bridgehead atoms. The summed E-state index contributed by atoms with van der Waals surface area (Å²) in [5, 5.41) is 48.1. The quantitative estimate of drug-likeness (QED) is 0.410. The summed E-state index contributed by atoms with van der Waals surface area (Å²) in [5.74, 6) is -4.42. The summed E-state index contributed by atoms with van der Waals surface area (Å²) in [6.07, 6.45) is -2.60. The van der Waals surface area contributed by atoms with Crippen molar-refractivity contribution in [3.8, 4) is 17.3 Å². The molecule has 0 aliphatic carbocycles. The van der Waals surface area contributed by atoms with E-state index in [-0.39, 0.29) is 11.3 Å². The number of hydrogen-bond donors (Lipinski definition) is 3. The second-order valence-electron chi connectivity index (χ2n) is 7.41. The lowest BCUT2D eigenvalue weighted by Gasteiger charge is -2.41. The van der Waals surface area contributed by atoms with Crippen molar-refractivity contribution in [1.82, 2.24) is 15.0 Å². The minimum Gasteiger partial charge on any atom is -0.394 e. The number of hydrogen-bond acceptors (Lipinski definition) is 8. The molecule has 3 aromatic rings. The van der Waals surface area contributed by atoms with Gasteiger partial charge in [0.25, 0.3) is 0 Å². The Balaban J connectivity index is 1.63. The lowest BCUT2D eigenvalue weighted by molar-refractivity contribution is -0.178. The molecule has 2 aromatic carbocycles. The van der Waals surface area contributed by atoms with Gasteiger partial charge in [-0.15, -0.1) is 5.10 Å². The van der Waals surface area contributed by atoms with Crippen LogP contribution in [0.3, 0.4) is 0 Å². The van der Waals surface area contributed by atoms with E-state index in [0.29, 0.717) is 14.9 Å². The van der Waals surface area contributed by atoms with Gasteiger partial charge in [-0.25, -0.2) is 17.9 Å². The molecule has 2 heterocycles. The number of aliphatic hydroxyl groups excluding tert-OH is 3. The number of nitrogens with zero attached hydrogens (tertiary/aromatic N) is 4. The average molecular weight is 557 g/mol. The molecule has 1 aliphatic heterocycles. The van der Waals surface area contributed by atoms with Crippen LogP contribution in [0.15, 0.2) is 45.9 Å². The predicted octanol–water partition coefficient (Wildman–Crippen LogP) is 2.77. The van der Waals surface area contributed by atoms with Crippen molar-refractivity contribution in [3.63, 3.8) is 0 Å². The van der Waals surface area contributed by atoms with Gasteiger partial charge in [0.05, 0.1) is 18.4 Å². The van der Waals surface area contributed by atoms with Crippen LogP contribution in [-0.2, 0) is 4.74 Å². The minimum absolute atomic E-state index is 0.0236. The molecule has 1 fully saturated rings. The molecule has 3 N–H and O–H groups in total. The average Bonchev–Trinajstić information content (AvgIpc) is 3.29. The first-order chi connectivity index (χ1) is 16.2. The van der Waals surface area contributed by atoms with Gasteiger partial charge in [-0.05, 0) is 46.3 Å². The normalized spacial score (nSPS) is 24.7. The topological polar surface area (TPSA) is 124 Å². The highest BCUT2D eigenvalue weighted by Gasteiger charge is 2.46. The van der Waals surface area contributed by atoms with Crippen LogP contribution >= 0.6 is 27.7 Å². The highest BCUT2D eigenvalue weighted by Crippen LogP contribution is 2.39. The van der Waals surface area contributed by atoms with E-state index in [9.17, 15) is 28.5 Å². The molecule has 1 aromatic heterocycles. The van der Waals surface area contributed by atoms with Crippen LogP contribution in [0.5, 0.6) is 0 Å². The monoisotopic (exact) mass is 556 g/mol. The van der Waals surface area contributed by atoms with E-state index < -0.39 is 53.8 Å². The Morgan fingerprint density at radius 1 is 1.15 bits per heavy atom. The van der Waals surface area contributed by atoms with Crippen molar-refractivity contribution >= 4 is 27.7 Å². The van der Waals surface area contributed by atoms with Crippen LogP contribution in [-0.4, -0.2) is 60.7 Å². The highest BCUT2D eigenvalue weighted by atomic mass is 79.9. The third-order valence-corrected chi connectivity index (χ3v) is 7.06. The van der Waals surface area contributed by atoms with Crippen molar-refractivity contribution in [2.45, 2.75) is 34.7 Å². The smallest absolute Gasteiger partial charge is 0.194 e. The van der Waals surface area contributed by atoms with Gasteiger partial charge >= 0.3 is 0 Å². The maximum Gasteiger partial charge on any atom is 0.194 e. The standard InChI is InChI=1S/C21H16BrF3N4O4S/c22-12-5-11(2-1-9(12)6-26)34-21-20(32)18(19(31)16(8-30)33-21)29-7-15(27-28-29)10-3-13(23)17(25)14(24)4-10/h1-5,7,16,18-21,30-32H,8H2. The van der Waals surface area contributed by atoms with E-state index >= 15 is 0 Å². The fourth-order valence-electron chi connectivity index (χ4n) is 3.53. The molecule has 0 spiro atoms. The van der Waals surface area contributed by atoms with Crippen molar-refractivity contribution in [2.24, 2.45) is 0 Å². The Kier molecular flexibility index (Phi) is 7.27. The molecular weight excluding hydrogens is 541 g/mol. The van der Waals surface area contributed by atoms with Gasteiger partial charge in [-0.1, -0.05) is 17.0 Å². The van der Waals surface area contributed by atoms with E-state index in [0.717, 1.165) is 28.6 Å². The summed E-state index contributed by atoms with van der Waals surface area (Å²) in [4.78, 5) is 0.637. The number of nitriles is 1. The van der Waals surface area contributed by atoms with E-state index in [4.69, 9.17) is 10.00 Å². The maximum atomic E-state index is 13.6. The van der Waals surface area contributed by atoms with Crippen LogP contribution in [0.2, 0.25) is 0 Å². The highest BCUT2D eigenvalue weighted by molar-refractivity contribution is 9.10. The first kappa shape index (κ1) is 24.6. The number of aliphatic hydroxyl groups is 3. The van der Waals surface area contributed by atoms with Crippen LogP contribution in [0.4, 0.5) is 13.2 Å². The lowest BCUT2D eigenvalue weighted by atomic mass is 9.97. The van der Waals surface area contributed by atoms with E-state index in [2.05, 4.69) is 26.2 Å². The molecule has 5 atom stereocenters. The second kappa shape index (κ2) is 10.0. The second-order valence-corrected chi connectivity index (χ2v) is 9.43. The van der Waals surface area contributed by atoms with Gasteiger partial charge in [-0.2, -0.15) is 5.26 Å². The van der Waals surface area contributed by atoms with Gasteiger partial charge in [0, 0.05) is 14.9 Å². The summed E-state index contributed by atoms with van der Waals surface area (Å²) in [6, 6.07) is 7.29. The molecule has 178 valence electrons. The number of thioether (sulfide) groups is 1. The summed E-state index contributed by atoms with van der Waals surface area (Å²) in [5.41, 5.74) is -0.659. The van der Waals surface area contributed by atoms with Crippen molar-refractivity contribution < 1.29 is 33.2 Å². The van der Waals surface area contributed by atoms with Gasteiger partial charge < -0.3 is 20.1 Å². The third kappa shape index (κ3) is 4.70. The zero-order valence-corrected chi connectivity index (χ0v) is 19.4. The Hall–Kier alpha value is -2.47. The number of ether oxygens (including phenoxy) is 1. The summed E-state index contributed by atoms with van der Waals surface area (Å²) in [7, 11) is 0. The van der Waals surface area contributed by atoms with Gasteiger partial charge in [0.15, 0.2) is 17.5 Å². The van der Waals surface area contributed by atoms with Crippen LogP contribution in [0, 0.1) is 28.8 Å². The largest absolute Gasteiger partial charge is 0.394 e. The summed E-state index contributed by atoms with van der Waals surface area (Å²) in [6.45, 7) is -0.561. The Labute approximate surface area is 203 Å². The van der Waals surface area contributed by atoms with Gasteiger partial charge in [0.1, 0.15) is 41.6 Å².